The van der Waals surface area contributed by atoms with E-state index in [2.05, 4.69) is 17.1 Å². The van der Waals surface area contributed by atoms with Crippen molar-refractivity contribution < 1.29 is 9.53 Å². The lowest BCUT2D eigenvalue weighted by atomic mass is 9.99. The summed E-state index contributed by atoms with van der Waals surface area (Å²) in [5, 5.41) is 8.66. The molecule has 0 N–H and O–H groups in total. The van der Waals surface area contributed by atoms with Gasteiger partial charge in [-0.2, -0.15) is 0 Å². The van der Waals surface area contributed by atoms with Crippen molar-refractivity contribution in [3.05, 3.63) is 6.33 Å². The standard InChI is InChI=1S/C14H24N4O2S/c1-11-4-6-17(7-5-11)13(19)12(2)21-14-16-15-10-18(14)8-9-20-3/h10-12H,4-9H2,1-3H3. The van der Waals surface area contributed by atoms with E-state index in [9.17, 15) is 4.79 Å². The van der Waals surface area contributed by atoms with E-state index in [1.165, 1.54) is 11.8 Å². The van der Waals surface area contributed by atoms with E-state index in [0.29, 0.717) is 13.2 Å². The quantitative estimate of drug-likeness (QED) is 0.748. The maximum Gasteiger partial charge on any atom is 0.235 e. The van der Waals surface area contributed by atoms with E-state index in [-0.39, 0.29) is 11.2 Å². The predicted octanol–water partition coefficient (Wildman–Crippen LogP) is 1.66. The van der Waals surface area contributed by atoms with Gasteiger partial charge in [-0.3, -0.25) is 4.79 Å². The lowest BCUT2D eigenvalue weighted by Crippen LogP contribution is -2.41. The van der Waals surface area contributed by atoms with E-state index in [4.69, 9.17) is 4.74 Å². The SMILES string of the molecule is COCCn1cnnc1SC(C)C(=O)N1CCC(C)CC1. The molecular weight excluding hydrogens is 288 g/mol. The number of amides is 1. The summed E-state index contributed by atoms with van der Waals surface area (Å²) < 4.78 is 6.99. The highest BCUT2D eigenvalue weighted by Gasteiger charge is 2.26. The van der Waals surface area contributed by atoms with Crippen LogP contribution in [-0.2, 0) is 16.1 Å². The van der Waals surface area contributed by atoms with Crippen LogP contribution < -0.4 is 0 Å². The lowest BCUT2D eigenvalue weighted by molar-refractivity contribution is -0.131. The number of carbonyl (C=O) groups excluding carboxylic acids is 1. The highest BCUT2D eigenvalue weighted by molar-refractivity contribution is 8.00. The Morgan fingerprint density at radius 2 is 2.24 bits per heavy atom. The molecule has 0 aliphatic carbocycles. The number of likely N-dealkylation sites (tertiary alicyclic amines) is 1. The zero-order chi connectivity index (χ0) is 15.2. The van der Waals surface area contributed by atoms with Crippen molar-refractivity contribution in [3.8, 4) is 0 Å². The number of carbonyl (C=O) groups is 1. The molecule has 1 amide bonds. The van der Waals surface area contributed by atoms with Crippen LogP contribution in [0.15, 0.2) is 11.5 Å². The van der Waals surface area contributed by atoms with E-state index < -0.39 is 0 Å². The molecule has 2 heterocycles. The molecule has 1 fully saturated rings. The van der Waals surface area contributed by atoms with Gasteiger partial charge in [0.15, 0.2) is 5.16 Å². The number of hydrogen-bond acceptors (Lipinski definition) is 5. The second kappa shape index (κ2) is 7.79. The second-order valence-electron chi connectivity index (χ2n) is 5.57. The molecule has 1 saturated heterocycles. The maximum atomic E-state index is 12.5. The second-order valence-corrected chi connectivity index (χ2v) is 6.88. The minimum absolute atomic E-state index is 0.135. The lowest BCUT2D eigenvalue weighted by Gasteiger charge is -2.31. The van der Waals surface area contributed by atoms with E-state index in [0.717, 1.165) is 37.0 Å². The van der Waals surface area contributed by atoms with Gasteiger partial charge in [0.05, 0.1) is 11.9 Å². The average molecular weight is 312 g/mol. The van der Waals surface area contributed by atoms with Gasteiger partial charge in [-0.15, -0.1) is 10.2 Å². The van der Waals surface area contributed by atoms with E-state index in [1.807, 2.05) is 16.4 Å². The summed E-state index contributed by atoms with van der Waals surface area (Å²) in [6.45, 7) is 7.26. The summed E-state index contributed by atoms with van der Waals surface area (Å²) in [6.07, 6.45) is 3.89. The fraction of sp³-hybridized carbons (Fsp3) is 0.786. The van der Waals surface area contributed by atoms with Crippen molar-refractivity contribution in [1.29, 1.82) is 0 Å². The van der Waals surface area contributed by atoms with Crippen molar-refractivity contribution in [2.45, 2.75) is 43.6 Å². The van der Waals surface area contributed by atoms with Crippen LogP contribution in [-0.4, -0.2) is 57.6 Å². The van der Waals surface area contributed by atoms with Gasteiger partial charge in [0, 0.05) is 26.7 Å². The largest absolute Gasteiger partial charge is 0.383 e. The summed E-state index contributed by atoms with van der Waals surface area (Å²) in [4.78, 5) is 14.5. The third kappa shape index (κ3) is 4.44. The van der Waals surface area contributed by atoms with Crippen LogP contribution in [0.5, 0.6) is 0 Å². The molecule has 0 bridgehead atoms. The van der Waals surface area contributed by atoms with E-state index >= 15 is 0 Å². The Kier molecular flexibility index (Phi) is 6.05. The highest BCUT2D eigenvalue weighted by atomic mass is 32.2. The number of piperidine rings is 1. The zero-order valence-corrected chi connectivity index (χ0v) is 13.8. The fourth-order valence-corrected chi connectivity index (χ4v) is 3.31. The molecule has 0 aromatic carbocycles. The van der Waals surface area contributed by atoms with Crippen molar-refractivity contribution in [3.63, 3.8) is 0 Å². The van der Waals surface area contributed by atoms with Crippen molar-refractivity contribution in [2.75, 3.05) is 26.8 Å². The van der Waals surface area contributed by atoms with Crippen LogP contribution in [0.1, 0.15) is 26.7 Å². The number of thioether (sulfide) groups is 1. The molecule has 2 rings (SSSR count). The molecule has 1 aromatic heterocycles. The minimum Gasteiger partial charge on any atom is -0.383 e. The molecule has 0 spiro atoms. The molecule has 1 unspecified atom stereocenters. The fourth-order valence-electron chi connectivity index (χ4n) is 2.37. The Balaban J connectivity index is 1.90. The predicted molar refractivity (Wildman–Crippen MR) is 82.2 cm³/mol. The Bertz CT molecular complexity index is 458. The van der Waals surface area contributed by atoms with Crippen molar-refractivity contribution in [1.82, 2.24) is 19.7 Å². The molecule has 1 atom stereocenters. The summed E-state index contributed by atoms with van der Waals surface area (Å²) in [6, 6.07) is 0. The first-order valence-corrected chi connectivity index (χ1v) is 8.32. The monoisotopic (exact) mass is 312 g/mol. The molecule has 118 valence electrons. The molecule has 1 aliphatic rings. The minimum atomic E-state index is -0.135. The summed E-state index contributed by atoms with van der Waals surface area (Å²) in [7, 11) is 1.67. The molecule has 21 heavy (non-hydrogen) atoms. The van der Waals surface area contributed by atoms with Crippen LogP contribution >= 0.6 is 11.8 Å². The van der Waals surface area contributed by atoms with Crippen molar-refractivity contribution in [2.24, 2.45) is 5.92 Å². The smallest absolute Gasteiger partial charge is 0.235 e. The number of rotatable bonds is 6. The maximum absolute atomic E-state index is 12.5. The topological polar surface area (TPSA) is 60.2 Å². The Morgan fingerprint density at radius 3 is 2.90 bits per heavy atom. The first kappa shape index (κ1) is 16.3. The van der Waals surface area contributed by atoms with Crippen LogP contribution in [0.4, 0.5) is 0 Å². The van der Waals surface area contributed by atoms with Crippen LogP contribution in [0.2, 0.25) is 0 Å². The van der Waals surface area contributed by atoms with Gasteiger partial charge in [0.1, 0.15) is 6.33 Å². The highest BCUT2D eigenvalue weighted by Crippen LogP contribution is 2.24. The van der Waals surface area contributed by atoms with Gasteiger partial charge in [-0.05, 0) is 25.7 Å². The molecule has 7 heteroatoms. The zero-order valence-electron chi connectivity index (χ0n) is 13.0. The molecular formula is C14H24N4O2S. The van der Waals surface area contributed by atoms with Gasteiger partial charge in [-0.1, -0.05) is 18.7 Å². The van der Waals surface area contributed by atoms with Gasteiger partial charge in [-0.25, -0.2) is 0 Å². The van der Waals surface area contributed by atoms with Crippen LogP contribution in [0.25, 0.3) is 0 Å². The summed E-state index contributed by atoms with van der Waals surface area (Å²) in [5.74, 6) is 0.933. The average Bonchev–Trinajstić information content (AvgIpc) is 2.92. The van der Waals surface area contributed by atoms with Gasteiger partial charge in [0.2, 0.25) is 5.91 Å². The normalized spacial score (nSPS) is 18.0. The number of ether oxygens (including phenoxy) is 1. The third-order valence-electron chi connectivity index (χ3n) is 3.84. The number of hydrogen-bond donors (Lipinski definition) is 0. The van der Waals surface area contributed by atoms with Crippen molar-refractivity contribution >= 4 is 17.7 Å². The first-order valence-electron chi connectivity index (χ1n) is 7.44. The third-order valence-corrected chi connectivity index (χ3v) is 4.92. The van der Waals surface area contributed by atoms with Gasteiger partial charge in [0.25, 0.3) is 0 Å². The summed E-state index contributed by atoms with van der Waals surface area (Å²) >= 11 is 1.47. The Morgan fingerprint density at radius 1 is 1.52 bits per heavy atom. The number of methoxy groups -OCH3 is 1. The van der Waals surface area contributed by atoms with Crippen LogP contribution in [0.3, 0.4) is 0 Å². The van der Waals surface area contributed by atoms with Gasteiger partial charge < -0.3 is 14.2 Å². The molecule has 0 saturated carbocycles. The number of nitrogens with zero attached hydrogens (tertiary/aromatic N) is 4. The molecule has 1 aromatic rings. The number of aromatic nitrogens is 3. The Labute approximate surface area is 130 Å². The van der Waals surface area contributed by atoms with Gasteiger partial charge >= 0.3 is 0 Å². The van der Waals surface area contributed by atoms with Crippen LogP contribution in [0, 0.1) is 5.92 Å². The molecule has 1 aliphatic heterocycles. The first-order chi connectivity index (χ1) is 10.1. The molecule has 6 nitrogen and oxygen atoms in total. The Hall–Kier alpha value is -1.08. The van der Waals surface area contributed by atoms with E-state index in [1.54, 1.807) is 13.4 Å². The molecule has 0 radical (unpaired) electrons. The summed E-state index contributed by atoms with van der Waals surface area (Å²) in [5.41, 5.74) is 0.